The van der Waals surface area contributed by atoms with E-state index in [1.54, 1.807) is 11.1 Å². The molecule has 0 heterocycles. The average molecular weight is 270 g/mol. The molecule has 1 aromatic rings. The second-order valence-corrected chi connectivity index (χ2v) is 5.12. The minimum Gasteiger partial charge on any atom is -0.0609 e. The van der Waals surface area contributed by atoms with Gasteiger partial charge in [0.2, 0.25) is 0 Å². The van der Waals surface area contributed by atoms with Crippen LogP contribution in [0.1, 0.15) is 29.9 Å². The van der Waals surface area contributed by atoms with Gasteiger partial charge in [-0.15, -0.1) is 0 Å². The number of rotatable bonds is 0. The second kappa shape index (κ2) is 2.47. The lowest BCUT2D eigenvalue weighted by atomic mass is 9.92. The number of aryl methyl sites for hydroxylation is 1. The van der Waals surface area contributed by atoms with Gasteiger partial charge in [-0.2, -0.15) is 0 Å². The normalized spacial score (nSPS) is 30.8. The molecule has 0 aromatic heterocycles. The Morgan fingerprint density at radius 3 is 3.17 bits per heavy atom. The Balaban J connectivity index is 2.19. The smallest absolute Gasteiger partial charge is 0.0168 e. The van der Waals surface area contributed by atoms with Gasteiger partial charge in [0.1, 0.15) is 0 Å². The van der Waals surface area contributed by atoms with E-state index in [1.807, 2.05) is 0 Å². The van der Waals surface area contributed by atoms with E-state index in [2.05, 4.69) is 40.8 Å². The first-order chi connectivity index (χ1) is 5.86. The summed E-state index contributed by atoms with van der Waals surface area (Å²) in [5, 5.41) is 0. The van der Waals surface area contributed by atoms with Crippen molar-refractivity contribution in [2.75, 3.05) is 0 Å². The summed E-state index contributed by atoms with van der Waals surface area (Å²) in [4.78, 5) is 0. The van der Waals surface area contributed by atoms with Crippen LogP contribution in [-0.4, -0.2) is 0 Å². The molecule has 2 aliphatic rings. The molecule has 0 saturated heterocycles. The molecule has 0 spiro atoms. The van der Waals surface area contributed by atoms with E-state index in [0.717, 1.165) is 11.8 Å². The minimum absolute atomic E-state index is 0.946. The first-order valence-electron chi connectivity index (χ1n) is 4.63. The standard InChI is InChI=1S/C11H11I/c12-10-3-1-2-7-4-5-8-6-9(8)11(7)10/h1-3,8-9H,4-6H2. The fraction of sp³-hybridized carbons (Fsp3) is 0.455. The predicted octanol–water partition coefficient (Wildman–Crippen LogP) is 3.34. The van der Waals surface area contributed by atoms with Gasteiger partial charge in [0.25, 0.3) is 0 Å². The number of hydrogen-bond acceptors (Lipinski definition) is 0. The van der Waals surface area contributed by atoms with Gasteiger partial charge < -0.3 is 0 Å². The number of fused-ring (bicyclic) bond motifs is 3. The first kappa shape index (κ1) is 7.36. The van der Waals surface area contributed by atoms with Crippen molar-refractivity contribution in [3.63, 3.8) is 0 Å². The van der Waals surface area contributed by atoms with Gasteiger partial charge in [-0.25, -0.2) is 0 Å². The van der Waals surface area contributed by atoms with Crippen LogP contribution in [-0.2, 0) is 6.42 Å². The lowest BCUT2D eigenvalue weighted by molar-refractivity contribution is 0.665. The van der Waals surface area contributed by atoms with Crippen LogP contribution in [0.5, 0.6) is 0 Å². The zero-order chi connectivity index (χ0) is 8.13. The van der Waals surface area contributed by atoms with Gasteiger partial charge in [0.05, 0.1) is 0 Å². The van der Waals surface area contributed by atoms with E-state index >= 15 is 0 Å². The zero-order valence-electron chi connectivity index (χ0n) is 6.89. The average Bonchev–Trinajstić information content (AvgIpc) is 2.82. The molecule has 0 N–H and O–H groups in total. The third-order valence-corrected chi connectivity index (χ3v) is 4.16. The summed E-state index contributed by atoms with van der Waals surface area (Å²) >= 11 is 2.49. The Kier molecular flexibility index (Phi) is 1.52. The van der Waals surface area contributed by atoms with Crippen LogP contribution in [0, 0.1) is 9.49 Å². The number of hydrogen-bond donors (Lipinski definition) is 0. The van der Waals surface area contributed by atoms with Gasteiger partial charge in [0, 0.05) is 3.57 Å². The molecule has 0 bridgehead atoms. The molecule has 1 aromatic carbocycles. The molecule has 0 aliphatic heterocycles. The van der Waals surface area contributed by atoms with E-state index in [9.17, 15) is 0 Å². The summed E-state index contributed by atoms with van der Waals surface area (Å²) in [7, 11) is 0. The van der Waals surface area contributed by atoms with Gasteiger partial charge in [0.15, 0.2) is 0 Å². The van der Waals surface area contributed by atoms with Crippen LogP contribution in [0.15, 0.2) is 18.2 Å². The van der Waals surface area contributed by atoms with Gasteiger partial charge in [-0.1, -0.05) is 12.1 Å². The number of benzene rings is 1. The Labute approximate surface area is 86.5 Å². The third kappa shape index (κ3) is 0.951. The first-order valence-corrected chi connectivity index (χ1v) is 5.71. The van der Waals surface area contributed by atoms with Crippen molar-refractivity contribution >= 4 is 22.6 Å². The molecule has 3 rings (SSSR count). The molecule has 1 saturated carbocycles. The molecule has 2 unspecified atom stereocenters. The maximum Gasteiger partial charge on any atom is 0.0168 e. The van der Waals surface area contributed by atoms with E-state index in [4.69, 9.17) is 0 Å². The van der Waals surface area contributed by atoms with E-state index in [0.29, 0.717) is 0 Å². The highest BCUT2D eigenvalue weighted by molar-refractivity contribution is 14.1. The zero-order valence-corrected chi connectivity index (χ0v) is 9.04. The van der Waals surface area contributed by atoms with Gasteiger partial charge in [-0.05, 0) is 70.9 Å². The van der Waals surface area contributed by atoms with Crippen molar-refractivity contribution in [2.24, 2.45) is 5.92 Å². The van der Waals surface area contributed by atoms with Crippen LogP contribution in [0.3, 0.4) is 0 Å². The van der Waals surface area contributed by atoms with Crippen LogP contribution < -0.4 is 0 Å². The Hall–Kier alpha value is -0.0500. The van der Waals surface area contributed by atoms with Crippen molar-refractivity contribution in [2.45, 2.75) is 25.2 Å². The Morgan fingerprint density at radius 1 is 1.33 bits per heavy atom. The maximum atomic E-state index is 2.49. The minimum atomic E-state index is 0.946. The fourth-order valence-electron chi connectivity index (χ4n) is 2.48. The van der Waals surface area contributed by atoms with Crippen LogP contribution in [0.2, 0.25) is 0 Å². The molecule has 1 fully saturated rings. The highest BCUT2D eigenvalue weighted by Crippen LogP contribution is 2.55. The summed E-state index contributed by atoms with van der Waals surface area (Å²) in [6.45, 7) is 0. The van der Waals surface area contributed by atoms with Gasteiger partial charge in [-0.3, -0.25) is 0 Å². The van der Waals surface area contributed by atoms with Crippen molar-refractivity contribution in [3.05, 3.63) is 32.9 Å². The molecule has 0 amide bonds. The van der Waals surface area contributed by atoms with Gasteiger partial charge >= 0.3 is 0 Å². The quantitative estimate of drug-likeness (QED) is 0.634. The largest absolute Gasteiger partial charge is 0.0609 e. The third-order valence-electron chi connectivity index (χ3n) is 3.22. The highest BCUT2D eigenvalue weighted by Gasteiger charge is 2.42. The topological polar surface area (TPSA) is 0 Å². The number of halogens is 1. The molecule has 62 valence electrons. The van der Waals surface area contributed by atoms with Crippen molar-refractivity contribution in [1.29, 1.82) is 0 Å². The summed E-state index contributed by atoms with van der Waals surface area (Å²) in [5.74, 6) is 2.00. The van der Waals surface area contributed by atoms with E-state index in [-0.39, 0.29) is 0 Å². The maximum absolute atomic E-state index is 2.49. The summed E-state index contributed by atoms with van der Waals surface area (Å²) < 4.78 is 1.50. The fourth-order valence-corrected chi connectivity index (χ4v) is 3.43. The summed E-state index contributed by atoms with van der Waals surface area (Å²) in [6.07, 6.45) is 4.23. The molecular weight excluding hydrogens is 259 g/mol. The van der Waals surface area contributed by atoms with Crippen molar-refractivity contribution in [1.82, 2.24) is 0 Å². The Bertz CT molecular complexity index is 330. The van der Waals surface area contributed by atoms with E-state index in [1.165, 1.54) is 22.8 Å². The van der Waals surface area contributed by atoms with Crippen molar-refractivity contribution in [3.8, 4) is 0 Å². The monoisotopic (exact) mass is 270 g/mol. The summed E-state index contributed by atoms with van der Waals surface area (Å²) in [6, 6.07) is 6.76. The molecule has 12 heavy (non-hydrogen) atoms. The molecule has 2 atom stereocenters. The molecule has 2 aliphatic carbocycles. The van der Waals surface area contributed by atoms with Crippen molar-refractivity contribution < 1.29 is 0 Å². The Morgan fingerprint density at radius 2 is 2.25 bits per heavy atom. The summed E-state index contributed by atoms with van der Waals surface area (Å²) in [5.41, 5.74) is 3.31. The molecular formula is C11H11I. The molecule has 0 nitrogen and oxygen atoms in total. The molecule has 1 heteroatoms. The van der Waals surface area contributed by atoms with Crippen LogP contribution >= 0.6 is 22.6 Å². The highest BCUT2D eigenvalue weighted by atomic mass is 127. The van der Waals surface area contributed by atoms with E-state index < -0.39 is 0 Å². The lowest BCUT2D eigenvalue weighted by Crippen LogP contribution is -2.03. The van der Waals surface area contributed by atoms with Crippen LogP contribution in [0.25, 0.3) is 0 Å². The lowest BCUT2D eigenvalue weighted by Gasteiger charge is -2.15. The van der Waals surface area contributed by atoms with Crippen LogP contribution in [0.4, 0.5) is 0 Å². The second-order valence-electron chi connectivity index (χ2n) is 3.95. The predicted molar refractivity (Wildman–Crippen MR) is 58.3 cm³/mol. The molecule has 0 radical (unpaired) electrons. The SMILES string of the molecule is Ic1cccc2c1C1CC1CC2.